The zero-order chi connectivity index (χ0) is 14.7. The lowest BCUT2D eigenvalue weighted by molar-refractivity contribution is 0.387. The molecule has 2 N–H and O–H groups in total. The third-order valence-corrected chi connectivity index (χ3v) is 5.24. The molecule has 0 spiro atoms. The molecule has 2 unspecified atom stereocenters. The van der Waals surface area contributed by atoms with Crippen LogP contribution in [-0.2, 0) is 0 Å². The molecule has 0 bridgehead atoms. The number of nitrogens with one attached hydrogen (secondary N) is 2. The molecule has 3 rings (SSSR count). The van der Waals surface area contributed by atoms with Crippen LogP contribution in [0.2, 0.25) is 0 Å². The molecule has 0 aliphatic heterocycles. The van der Waals surface area contributed by atoms with Crippen LogP contribution in [0.25, 0.3) is 11.0 Å². The van der Waals surface area contributed by atoms with E-state index < -0.39 is 0 Å². The molecule has 2 aromatic rings. The Kier molecular flexibility index (Phi) is 4.70. The summed E-state index contributed by atoms with van der Waals surface area (Å²) in [4.78, 5) is 8.10. The maximum Gasteiger partial charge on any atom is 0.166 e. The molecule has 0 amide bonds. The van der Waals surface area contributed by atoms with Crippen LogP contribution in [0.4, 0.5) is 0 Å². The number of aromatic amines is 1. The Labute approximate surface area is 130 Å². The SMILES string of the molecule is CCNC1CCCC(Sc2nc3ccc(OC)cc3[nH]2)C1. The fraction of sp³-hybridized carbons (Fsp3) is 0.562. The van der Waals surface area contributed by atoms with Crippen molar-refractivity contribution in [2.75, 3.05) is 13.7 Å². The lowest BCUT2D eigenvalue weighted by Gasteiger charge is -2.28. The van der Waals surface area contributed by atoms with E-state index in [2.05, 4.69) is 22.2 Å². The average molecular weight is 305 g/mol. The lowest BCUT2D eigenvalue weighted by Crippen LogP contribution is -2.34. The number of fused-ring (bicyclic) bond motifs is 1. The number of imidazole rings is 1. The number of H-pyrrole nitrogens is 1. The van der Waals surface area contributed by atoms with Gasteiger partial charge in [-0.05, 0) is 37.9 Å². The van der Waals surface area contributed by atoms with E-state index >= 15 is 0 Å². The second-order valence-electron chi connectivity index (χ2n) is 5.59. The standard InChI is InChI=1S/C16H23N3OS/c1-3-17-11-5-4-6-13(9-11)21-16-18-14-8-7-12(20-2)10-15(14)19-16/h7-8,10-11,13,17H,3-6,9H2,1-2H3,(H,18,19). The fourth-order valence-electron chi connectivity index (χ4n) is 3.03. The molecule has 0 radical (unpaired) electrons. The van der Waals surface area contributed by atoms with Crippen molar-refractivity contribution >= 4 is 22.8 Å². The summed E-state index contributed by atoms with van der Waals surface area (Å²) < 4.78 is 5.26. The van der Waals surface area contributed by atoms with E-state index in [1.165, 1.54) is 25.7 Å². The first-order valence-electron chi connectivity index (χ1n) is 7.72. The summed E-state index contributed by atoms with van der Waals surface area (Å²) in [5.74, 6) is 0.868. The molecule has 1 aromatic heterocycles. The van der Waals surface area contributed by atoms with Gasteiger partial charge in [-0.1, -0.05) is 25.1 Å². The van der Waals surface area contributed by atoms with Crippen molar-refractivity contribution in [1.82, 2.24) is 15.3 Å². The third kappa shape index (κ3) is 3.52. The van der Waals surface area contributed by atoms with Crippen LogP contribution < -0.4 is 10.1 Å². The molecular weight excluding hydrogens is 282 g/mol. The van der Waals surface area contributed by atoms with E-state index in [1.807, 2.05) is 30.0 Å². The van der Waals surface area contributed by atoms with Crippen molar-refractivity contribution < 1.29 is 4.74 Å². The minimum absolute atomic E-state index is 0.658. The van der Waals surface area contributed by atoms with Gasteiger partial charge in [-0.15, -0.1) is 0 Å². The summed E-state index contributed by atoms with van der Waals surface area (Å²) in [5.41, 5.74) is 2.06. The predicted octanol–water partition coefficient (Wildman–Crippen LogP) is 3.58. The number of hydrogen-bond acceptors (Lipinski definition) is 4. The first kappa shape index (κ1) is 14.7. The first-order chi connectivity index (χ1) is 10.3. The quantitative estimate of drug-likeness (QED) is 0.886. The highest BCUT2D eigenvalue weighted by Gasteiger charge is 2.23. The zero-order valence-corrected chi connectivity index (χ0v) is 13.5. The van der Waals surface area contributed by atoms with Crippen molar-refractivity contribution in [2.45, 2.75) is 49.1 Å². The van der Waals surface area contributed by atoms with Crippen molar-refractivity contribution in [1.29, 1.82) is 0 Å². The minimum atomic E-state index is 0.658. The van der Waals surface area contributed by atoms with Crippen LogP contribution in [0, 0.1) is 0 Å². The number of aromatic nitrogens is 2. The van der Waals surface area contributed by atoms with Crippen LogP contribution in [0.5, 0.6) is 5.75 Å². The van der Waals surface area contributed by atoms with E-state index in [-0.39, 0.29) is 0 Å². The number of benzene rings is 1. The van der Waals surface area contributed by atoms with Gasteiger partial charge in [0, 0.05) is 17.4 Å². The minimum Gasteiger partial charge on any atom is -0.497 e. The predicted molar refractivity (Wildman–Crippen MR) is 88.2 cm³/mol. The van der Waals surface area contributed by atoms with Crippen molar-refractivity contribution in [3.63, 3.8) is 0 Å². The number of hydrogen-bond donors (Lipinski definition) is 2. The van der Waals surface area contributed by atoms with E-state index in [0.717, 1.165) is 28.5 Å². The summed E-state index contributed by atoms with van der Waals surface area (Å²) >= 11 is 1.89. The summed E-state index contributed by atoms with van der Waals surface area (Å²) in [7, 11) is 1.69. The Hall–Kier alpha value is -1.20. The number of nitrogens with zero attached hydrogens (tertiary/aromatic N) is 1. The molecule has 1 aliphatic carbocycles. The van der Waals surface area contributed by atoms with E-state index in [9.17, 15) is 0 Å². The first-order valence-corrected chi connectivity index (χ1v) is 8.60. The van der Waals surface area contributed by atoms with Crippen LogP contribution in [0.15, 0.2) is 23.4 Å². The molecule has 5 heteroatoms. The molecule has 1 aromatic carbocycles. The molecule has 114 valence electrons. The summed E-state index contributed by atoms with van der Waals surface area (Å²) in [6.45, 7) is 3.25. The van der Waals surface area contributed by atoms with Gasteiger partial charge < -0.3 is 15.0 Å². The largest absolute Gasteiger partial charge is 0.497 e. The Morgan fingerprint density at radius 2 is 2.33 bits per heavy atom. The monoisotopic (exact) mass is 305 g/mol. The Balaban J connectivity index is 1.69. The van der Waals surface area contributed by atoms with E-state index in [1.54, 1.807) is 7.11 Å². The van der Waals surface area contributed by atoms with Crippen molar-refractivity contribution in [2.24, 2.45) is 0 Å². The van der Waals surface area contributed by atoms with Gasteiger partial charge >= 0.3 is 0 Å². The van der Waals surface area contributed by atoms with Crippen LogP contribution in [0.3, 0.4) is 0 Å². The smallest absolute Gasteiger partial charge is 0.166 e. The second-order valence-corrected chi connectivity index (χ2v) is 6.88. The number of ether oxygens (including phenoxy) is 1. The third-order valence-electron chi connectivity index (χ3n) is 4.06. The van der Waals surface area contributed by atoms with Gasteiger partial charge in [0.25, 0.3) is 0 Å². The van der Waals surface area contributed by atoms with Gasteiger partial charge in [-0.2, -0.15) is 0 Å². The second kappa shape index (κ2) is 6.71. The molecular formula is C16H23N3OS. The topological polar surface area (TPSA) is 49.9 Å². The molecule has 1 saturated carbocycles. The van der Waals surface area contributed by atoms with Crippen LogP contribution in [-0.4, -0.2) is 34.9 Å². The molecule has 21 heavy (non-hydrogen) atoms. The van der Waals surface area contributed by atoms with Gasteiger partial charge in [0.05, 0.1) is 18.1 Å². The van der Waals surface area contributed by atoms with Crippen LogP contribution in [0.1, 0.15) is 32.6 Å². The number of thioether (sulfide) groups is 1. The maximum absolute atomic E-state index is 5.26. The summed E-state index contributed by atoms with van der Waals surface area (Å²) in [6, 6.07) is 6.65. The van der Waals surface area contributed by atoms with Gasteiger partial charge in [0.1, 0.15) is 5.75 Å². The molecule has 0 saturated heterocycles. The lowest BCUT2D eigenvalue weighted by atomic mass is 9.95. The Bertz CT molecular complexity index is 596. The Morgan fingerprint density at radius 1 is 1.43 bits per heavy atom. The fourth-order valence-corrected chi connectivity index (χ4v) is 4.28. The molecule has 4 nitrogen and oxygen atoms in total. The Morgan fingerprint density at radius 3 is 3.14 bits per heavy atom. The van der Waals surface area contributed by atoms with E-state index in [0.29, 0.717) is 11.3 Å². The normalized spacial score (nSPS) is 22.6. The highest BCUT2D eigenvalue weighted by atomic mass is 32.2. The van der Waals surface area contributed by atoms with Gasteiger partial charge in [-0.25, -0.2) is 4.98 Å². The average Bonchev–Trinajstić information content (AvgIpc) is 2.89. The van der Waals surface area contributed by atoms with E-state index in [4.69, 9.17) is 4.74 Å². The van der Waals surface area contributed by atoms with Gasteiger partial charge in [-0.3, -0.25) is 0 Å². The molecule has 1 aliphatic rings. The van der Waals surface area contributed by atoms with Crippen molar-refractivity contribution in [3.8, 4) is 5.75 Å². The highest BCUT2D eigenvalue weighted by Crippen LogP contribution is 2.33. The number of methoxy groups -OCH3 is 1. The summed E-state index contributed by atoms with van der Waals surface area (Å²) in [5, 5.41) is 5.27. The highest BCUT2D eigenvalue weighted by molar-refractivity contribution is 7.99. The zero-order valence-electron chi connectivity index (χ0n) is 12.7. The van der Waals surface area contributed by atoms with Crippen molar-refractivity contribution in [3.05, 3.63) is 18.2 Å². The molecule has 2 atom stereocenters. The van der Waals surface area contributed by atoms with Crippen LogP contribution >= 0.6 is 11.8 Å². The summed E-state index contributed by atoms with van der Waals surface area (Å²) in [6.07, 6.45) is 5.14. The maximum atomic E-state index is 5.26. The molecule has 1 heterocycles. The van der Waals surface area contributed by atoms with Gasteiger partial charge in [0.15, 0.2) is 5.16 Å². The molecule has 1 fully saturated rings. The number of rotatable bonds is 5. The van der Waals surface area contributed by atoms with Gasteiger partial charge in [0.2, 0.25) is 0 Å².